The molecule has 0 saturated carbocycles. The summed E-state index contributed by atoms with van der Waals surface area (Å²) in [5.74, 6) is -2.16. The number of aliphatic hydroxyl groups is 1. The van der Waals surface area contributed by atoms with E-state index in [0.29, 0.717) is 12.8 Å². The number of piperidine rings is 1. The van der Waals surface area contributed by atoms with E-state index in [2.05, 4.69) is 5.32 Å². The molecule has 1 atom stereocenters. The first-order valence-electron chi connectivity index (χ1n) is 6.43. The first-order valence-corrected chi connectivity index (χ1v) is 8.04. The minimum absolute atomic E-state index is 0.0233. The third kappa shape index (κ3) is 4.15. The second-order valence-corrected chi connectivity index (χ2v) is 6.91. The van der Waals surface area contributed by atoms with Crippen molar-refractivity contribution in [2.24, 2.45) is 5.92 Å². The molecule has 9 heteroatoms. The maximum atomic E-state index is 11.8. The number of carboxylic acid groups (broad SMARTS) is 1. The smallest absolute Gasteiger partial charge is 0.328 e. The monoisotopic (exact) mass is 308 g/mol. The number of sulfonamides is 1. The Kier molecular flexibility index (Phi) is 5.90. The molecule has 1 rings (SSSR count). The van der Waals surface area contributed by atoms with Crippen molar-refractivity contribution in [2.75, 3.05) is 25.4 Å². The van der Waals surface area contributed by atoms with E-state index in [1.807, 2.05) is 0 Å². The third-order valence-electron chi connectivity index (χ3n) is 3.38. The Morgan fingerprint density at radius 3 is 2.30 bits per heavy atom. The van der Waals surface area contributed by atoms with Crippen molar-refractivity contribution in [2.45, 2.75) is 25.8 Å². The molecule has 0 aromatic heterocycles. The maximum absolute atomic E-state index is 11.8. The zero-order valence-corrected chi connectivity index (χ0v) is 12.1. The molecule has 0 aliphatic carbocycles. The van der Waals surface area contributed by atoms with Gasteiger partial charge in [0.05, 0.1) is 12.4 Å². The topological polar surface area (TPSA) is 124 Å². The number of hydrogen-bond donors (Lipinski definition) is 3. The number of nitrogens with one attached hydrogen (secondary N) is 1. The van der Waals surface area contributed by atoms with E-state index in [-0.39, 0.29) is 18.8 Å². The summed E-state index contributed by atoms with van der Waals surface area (Å²) < 4.78 is 24.7. The number of hydrogen-bond acceptors (Lipinski definition) is 5. The van der Waals surface area contributed by atoms with Gasteiger partial charge in [0, 0.05) is 19.0 Å². The molecule has 1 unspecified atom stereocenters. The van der Waals surface area contributed by atoms with Crippen molar-refractivity contribution in [1.82, 2.24) is 9.62 Å². The van der Waals surface area contributed by atoms with Crippen LogP contribution >= 0.6 is 0 Å². The van der Waals surface area contributed by atoms with Gasteiger partial charge in [-0.2, -0.15) is 0 Å². The van der Waals surface area contributed by atoms with Crippen molar-refractivity contribution in [3.8, 4) is 0 Å². The first-order chi connectivity index (χ1) is 9.31. The maximum Gasteiger partial charge on any atom is 0.328 e. The largest absolute Gasteiger partial charge is 0.480 e. The Labute approximate surface area is 117 Å². The van der Waals surface area contributed by atoms with E-state index in [4.69, 9.17) is 10.2 Å². The predicted molar refractivity (Wildman–Crippen MR) is 70.4 cm³/mol. The van der Waals surface area contributed by atoms with Gasteiger partial charge in [-0.05, 0) is 19.8 Å². The molecule has 0 aromatic rings. The summed E-state index contributed by atoms with van der Waals surface area (Å²) in [5.41, 5.74) is 0. The third-order valence-corrected chi connectivity index (χ3v) is 5.26. The molecule has 1 heterocycles. The standard InChI is InChI=1S/C11H20N2O6S/c1-2-20(18,19)13-5-3-8(4-6-13)10(15)12-9(7-14)11(16)17/h8-9,14H,2-7H2,1H3,(H,12,15)(H,16,17). The number of rotatable bonds is 6. The Bertz CT molecular complexity index is 456. The van der Waals surface area contributed by atoms with Gasteiger partial charge in [0.25, 0.3) is 0 Å². The molecular formula is C11H20N2O6S. The van der Waals surface area contributed by atoms with Gasteiger partial charge in [0.1, 0.15) is 6.04 Å². The number of carbonyl (C=O) groups is 2. The second kappa shape index (κ2) is 7.00. The lowest BCUT2D eigenvalue weighted by atomic mass is 9.97. The summed E-state index contributed by atoms with van der Waals surface area (Å²) in [6, 6.07) is -1.32. The molecule has 1 aliphatic rings. The number of carboxylic acids is 1. The Balaban J connectivity index is 2.53. The Morgan fingerprint density at radius 2 is 1.90 bits per heavy atom. The highest BCUT2D eigenvalue weighted by Gasteiger charge is 2.31. The van der Waals surface area contributed by atoms with Crippen LogP contribution in [0.4, 0.5) is 0 Å². The normalized spacial score (nSPS) is 19.5. The van der Waals surface area contributed by atoms with E-state index in [0.717, 1.165) is 0 Å². The van der Waals surface area contributed by atoms with Gasteiger partial charge < -0.3 is 15.5 Å². The fourth-order valence-corrected chi connectivity index (χ4v) is 3.19. The van der Waals surface area contributed by atoms with Crippen molar-refractivity contribution >= 4 is 21.9 Å². The van der Waals surface area contributed by atoms with Crippen molar-refractivity contribution in [3.63, 3.8) is 0 Å². The van der Waals surface area contributed by atoms with E-state index < -0.39 is 40.5 Å². The average molecular weight is 308 g/mol. The Morgan fingerprint density at radius 1 is 1.35 bits per heavy atom. The Hall–Kier alpha value is -1.19. The van der Waals surface area contributed by atoms with Crippen molar-refractivity contribution in [3.05, 3.63) is 0 Å². The highest BCUT2D eigenvalue weighted by Crippen LogP contribution is 2.20. The van der Waals surface area contributed by atoms with Gasteiger partial charge in [-0.25, -0.2) is 17.5 Å². The molecule has 3 N–H and O–H groups in total. The minimum Gasteiger partial charge on any atom is -0.480 e. The lowest BCUT2D eigenvalue weighted by Gasteiger charge is -2.30. The first kappa shape index (κ1) is 16.9. The molecule has 20 heavy (non-hydrogen) atoms. The van der Waals surface area contributed by atoms with E-state index in [9.17, 15) is 18.0 Å². The molecule has 0 bridgehead atoms. The molecular weight excluding hydrogens is 288 g/mol. The summed E-state index contributed by atoms with van der Waals surface area (Å²) in [6.45, 7) is 1.40. The van der Waals surface area contributed by atoms with Gasteiger partial charge in [-0.3, -0.25) is 4.79 Å². The van der Waals surface area contributed by atoms with Crippen LogP contribution in [0.2, 0.25) is 0 Å². The zero-order valence-electron chi connectivity index (χ0n) is 11.3. The molecule has 1 saturated heterocycles. The van der Waals surface area contributed by atoms with Gasteiger partial charge in [0.2, 0.25) is 15.9 Å². The SMILES string of the molecule is CCS(=O)(=O)N1CCC(C(=O)NC(CO)C(=O)O)CC1. The van der Waals surface area contributed by atoms with Crippen LogP contribution in [0, 0.1) is 5.92 Å². The second-order valence-electron chi connectivity index (χ2n) is 4.66. The van der Waals surface area contributed by atoms with Crippen LogP contribution < -0.4 is 5.32 Å². The van der Waals surface area contributed by atoms with Crippen molar-refractivity contribution in [1.29, 1.82) is 0 Å². The van der Waals surface area contributed by atoms with E-state index in [1.54, 1.807) is 6.92 Å². The number of carbonyl (C=O) groups excluding carboxylic acids is 1. The summed E-state index contributed by atoms with van der Waals surface area (Å²) in [6.07, 6.45) is 0.700. The lowest BCUT2D eigenvalue weighted by molar-refractivity contribution is -0.143. The molecule has 0 spiro atoms. The quantitative estimate of drug-likeness (QED) is 0.555. The van der Waals surface area contributed by atoms with Gasteiger partial charge in [-0.15, -0.1) is 0 Å². The van der Waals surface area contributed by atoms with Gasteiger partial charge >= 0.3 is 5.97 Å². The van der Waals surface area contributed by atoms with Gasteiger partial charge in [0.15, 0.2) is 0 Å². The summed E-state index contributed by atoms with van der Waals surface area (Å²) in [4.78, 5) is 22.6. The molecule has 116 valence electrons. The van der Waals surface area contributed by atoms with Crippen LogP contribution in [-0.2, 0) is 19.6 Å². The summed E-state index contributed by atoms with van der Waals surface area (Å²) in [7, 11) is -3.24. The summed E-state index contributed by atoms with van der Waals surface area (Å²) in [5, 5.41) is 19.8. The van der Waals surface area contributed by atoms with Crippen molar-refractivity contribution < 1.29 is 28.2 Å². The molecule has 0 radical (unpaired) electrons. The van der Waals surface area contributed by atoms with Crippen LogP contribution in [0.5, 0.6) is 0 Å². The van der Waals surface area contributed by atoms with Crippen LogP contribution in [0.25, 0.3) is 0 Å². The van der Waals surface area contributed by atoms with Crippen LogP contribution in [0.15, 0.2) is 0 Å². The summed E-state index contributed by atoms with van der Waals surface area (Å²) >= 11 is 0. The number of aliphatic hydroxyl groups excluding tert-OH is 1. The number of amides is 1. The number of nitrogens with zero attached hydrogens (tertiary/aromatic N) is 1. The highest BCUT2D eigenvalue weighted by atomic mass is 32.2. The molecule has 0 aromatic carbocycles. The highest BCUT2D eigenvalue weighted by molar-refractivity contribution is 7.89. The average Bonchev–Trinajstić information content (AvgIpc) is 2.44. The number of aliphatic carboxylic acids is 1. The van der Waals surface area contributed by atoms with Crippen LogP contribution in [0.1, 0.15) is 19.8 Å². The molecule has 1 amide bonds. The van der Waals surface area contributed by atoms with Gasteiger partial charge in [-0.1, -0.05) is 0 Å². The predicted octanol–water partition coefficient (Wildman–Crippen LogP) is -1.39. The fraction of sp³-hybridized carbons (Fsp3) is 0.818. The molecule has 1 fully saturated rings. The molecule has 1 aliphatic heterocycles. The molecule has 8 nitrogen and oxygen atoms in total. The fourth-order valence-electron chi connectivity index (χ4n) is 2.05. The zero-order chi connectivity index (χ0) is 15.3. The van der Waals surface area contributed by atoms with Crippen LogP contribution in [0.3, 0.4) is 0 Å². The minimum atomic E-state index is -3.24. The van der Waals surface area contributed by atoms with E-state index >= 15 is 0 Å². The van der Waals surface area contributed by atoms with E-state index in [1.165, 1.54) is 4.31 Å². The lowest BCUT2D eigenvalue weighted by Crippen LogP contribution is -2.48. The van der Waals surface area contributed by atoms with Crippen LogP contribution in [-0.4, -0.2) is 66.3 Å².